The Hall–Kier alpha value is -3.07. The maximum atomic E-state index is 14.0. The van der Waals surface area contributed by atoms with Gasteiger partial charge in [0.25, 0.3) is 10.0 Å². The molecule has 0 aliphatic heterocycles. The summed E-state index contributed by atoms with van der Waals surface area (Å²) in [6.45, 7) is 5.50. The highest BCUT2D eigenvalue weighted by molar-refractivity contribution is 7.92. The summed E-state index contributed by atoms with van der Waals surface area (Å²) >= 11 is 12.4. The number of rotatable bonds is 12. The van der Waals surface area contributed by atoms with Crippen molar-refractivity contribution in [2.24, 2.45) is 0 Å². The normalized spacial score (nSPS) is 12.0. The fourth-order valence-electron chi connectivity index (χ4n) is 4.17. The standard InChI is InChI=1S/C29H33Cl2N3O4S/c1-4-18-32-29(36)26(5-2)33(19-22-14-16-23(30)17-15-22)28(35)20-34(27-13-9-12-25(31)21(27)3)39(37,38)24-10-7-6-8-11-24/h6-17,26H,4-5,18-20H2,1-3H3,(H,32,36)/t26-/m0/s1. The van der Waals surface area contributed by atoms with Crippen molar-refractivity contribution in [2.45, 2.75) is 51.1 Å². The summed E-state index contributed by atoms with van der Waals surface area (Å²) in [5.41, 5.74) is 1.56. The smallest absolute Gasteiger partial charge is 0.264 e. The van der Waals surface area contributed by atoms with Gasteiger partial charge in [-0.3, -0.25) is 13.9 Å². The highest BCUT2D eigenvalue weighted by atomic mass is 35.5. The van der Waals surface area contributed by atoms with Gasteiger partial charge in [-0.1, -0.05) is 73.4 Å². The first kappa shape index (κ1) is 30.5. The molecule has 0 aromatic heterocycles. The predicted octanol–water partition coefficient (Wildman–Crippen LogP) is 5.83. The number of nitrogens with one attached hydrogen (secondary N) is 1. The Bertz CT molecular complexity index is 1380. The zero-order chi connectivity index (χ0) is 28.6. The van der Waals surface area contributed by atoms with Gasteiger partial charge < -0.3 is 10.2 Å². The van der Waals surface area contributed by atoms with E-state index in [1.165, 1.54) is 17.0 Å². The van der Waals surface area contributed by atoms with E-state index < -0.39 is 28.5 Å². The van der Waals surface area contributed by atoms with E-state index in [2.05, 4.69) is 5.32 Å². The minimum atomic E-state index is -4.16. The van der Waals surface area contributed by atoms with Crippen LogP contribution in [0.25, 0.3) is 0 Å². The lowest BCUT2D eigenvalue weighted by atomic mass is 10.1. The first-order valence-electron chi connectivity index (χ1n) is 12.7. The van der Waals surface area contributed by atoms with Crippen molar-refractivity contribution in [1.29, 1.82) is 0 Å². The van der Waals surface area contributed by atoms with Crippen molar-refractivity contribution in [2.75, 3.05) is 17.4 Å². The zero-order valence-electron chi connectivity index (χ0n) is 22.2. The summed E-state index contributed by atoms with van der Waals surface area (Å²) in [4.78, 5) is 28.6. The number of sulfonamides is 1. The molecule has 0 spiro atoms. The third-order valence-electron chi connectivity index (χ3n) is 6.32. The average Bonchev–Trinajstić information content (AvgIpc) is 2.93. The first-order valence-corrected chi connectivity index (χ1v) is 14.9. The maximum absolute atomic E-state index is 14.0. The van der Waals surface area contributed by atoms with E-state index in [9.17, 15) is 18.0 Å². The zero-order valence-corrected chi connectivity index (χ0v) is 24.6. The molecule has 1 atom stereocenters. The van der Waals surface area contributed by atoms with Crippen molar-refractivity contribution in [3.63, 3.8) is 0 Å². The van der Waals surface area contributed by atoms with Crippen LogP contribution < -0.4 is 9.62 Å². The summed E-state index contributed by atoms with van der Waals surface area (Å²) < 4.78 is 28.8. The van der Waals surface area contributed by atoms with Crippen LogP contribution in [-0.2, 0) is 26.2 Å². The molecule has 1 N–H and O–H groups in total. The second-order valence-electron chi connectivity index (χ2n) is 9.07. The molecule has 0 heterocycles. The molecule has 10 heteroatoms. The van der Waals surface area contributed by atoms with Gasteiger partial charge >= 0.3 is 0 Å². The van der Waals surface area contributed by atoms with Crippen molar-refractivity contribution < 1.29 is 18.0 Å². The lowest BCUT2D eigenvalue weighted by Crippen LogP contribution is -2.52. The first-order chi connectivity index (χ1) is 18.6. The van der Waals surface area contributed by atoms with Gasteiger partial charge in [0.1, 0.15) is 12.6 Å². The van der Waals surface area contributed by atoms with E-state index in [4.69, 9.17) is 23.2 Å². The van der Waals surface area contributed by atoms with Crippen molar-refractivity contribution in [3.8, 4) is 0 Å². The second kappa shape index (κ2) is 13.8. The fraction of sp³-hybridized carbons (Fsp3) is 0.310. The van der Waals surface area contributed by atoms with E-state index in [0.29, 0.717) is 28.6 Å². The third-order valence-corrected chi connectivity index (χ3v) is 8.75. The molecule has 0 aliphatic rings. The summed E-state index contributed by atoms with van der Waals surface area (Å²) in [5, 5.41) is 3.78. The Labute approximate surface area is 240 Å². The molecule has 2 amide bonds. The van der Waals surface area contributed by atoms with Crippen LogP contribution in [0.3, 0.4) is 0 Å². The molecule has 0 aliphatic carbocycles. The van der Waals surface area contributed by atoms with Gasteiger partial charge in [0.2, 0.25) is 11.8 Å². The molecule has 3 aromatic rings. The molecule has 7 nitrogen and oxygen atoms in total. The van der Waals surface area contributed by atoms with Crippen LogP contribution in [0, 0.1) is 6.92 Å². The van der Waals surface area contributed by atoms with E-state index in [-0.39, 0.29) is 23.0 Å². The molecule has 0 saturated heterocycles. The lowest BCUT2D eigenvalue weighted by molar-refractivity contribution is -0.140. The number of halogens is 2. The summed E-state index contributed by atoms with van der Waals surface area (Å²) in [6.07, 6.45) is 1.08. The van der Waals surface area contributed by atoms with E-state index >= 15 is 0 Å². The Morgan fingerprint density at radius 2 is 1.59 bits per heavy atom. The van der Waals surface area contributed by atoms with Crippen LogP contribution in [0.2, 0.25) is 10.0 Å². The van der Waals surface area contributed by atoms with Gasteiger partial charge in [-0.15, -0.1) is 0 Å². The topological polar surface area (TPSA) is 86.8 Å². The van der Waals surface area contributed by atoms with Gasteiger partial charge in [0.15, 0.2) is 0 Å². The Balaban J connectivity index is 2.08. The van der Waals surface area contributed by atoms with Crippen LogP contribution >= 0.6 is 23.2 Å². The number of benzene rings is 3. The Morgan fingerprint density at radius 3 is 2.21 bits per heavy atom. The molecule has 3 aromatic carbocycles. The molecule has 0 fully saturated rings. The van der Waals surface area contributed by atoms with Gasteiger partial charge in [-0.2, -0.15) is 0 Å². The van der Waals surface area contributed by atoms with Crippen LogP contribution in [-0.4, -0.2) is 44.3 Å². The SMILES string of the molecule is CCCNC(=O)[C@H](CC)N(Cc1ccc(Cl)cc1)C(=O)CN(c1cccc(Cl)c1C)S(=O)(=O)c1ccccc1. The predicted molar refractivity (Wildman–Crippen MR) is 157 cm³/mol. The van der Waals surface area contributed by atoms with Crippen molar-refractivity contribution in [1.82, 2.24) is 10.2 Å². The van der Waals surface area contributed by atoms with E-state index in [1.54, 1.807) is 67.6 Å². The number of nitrogens with zero attached hydrogens (tertiary/aromatic N) is 2. The molecule has 0 radical (unpaired) electrons. The van der Waals surface area contributed by atoms with Gasteiger partial charge in [-0.05, 0) is 67.3 Å². The number of hydrogen-bond acceptors (Lipinski definition) is 4. The van der Waals surface area contributed by atoms with Crippen LogP contribution in [0.4, 0.5) is 5.69 Å². The average molecular weight is 591 g/mol. The molecular formula is C29H33Cl2N3O4S. The molecule has 208 valence electrons. The Kier molecular flexibility index (Phi) is 10.8. The number of carbonyl (C=O) groups excluding carboxylic acids is 2. The van der Waals surface area contributed by atoms with Crippen LogP contribution in [0.1, 0.15) is 37.8 Å². The maximum Gasteiger partial charge on any atom is 0.264 e. The monoisotopic (exact) mass is 589 g/mol. The fourth-order valence-corrected chi connectivity index (χ4v) is 5.96. The number of anilines is 1. The lowest BCUT2D eigenvalue weighted by Gasteiger charge is -2.33. The molecule has 39 heavy (non-hydrogen) atoms. The van der Waals surface area contributed by atoms with Crippen molar-refractivity contribution >= 4 is 50.7 Å². The number of carbonyl (C=O) groups is 2. The molecule has 3 rings (SSSR count). The molecule has 0 unspecified atom stereocenters. The molecule has 0 bridgehead atoms. The van der Waals surface area contributed by atoms with Gasteiger partial charge in [0, 0.05) is 23.1 Å². The highest BCUT2D eigenvalue weighted by Gasteiger charge is 2.34. The quantitative estimate of drug-likeness (QED) is 0.288. The molecule has 0 saturated carbocycles. The summed E-state index contributed by atoms with van der Waals surface area (Å²) in [6, 6.07) is 19.0. The minimum absolute atomic E-state index is 0.0363. The molecular weight excluding hydrogens is 557 g/mol. The van der Waals surface area contributed by atoms with E-state index in [1.807, 2.05) is 13.8 Å². The number of amides is 2. The van der Waals surface area contributed by atoms with Gasteiger partial charge in [0.05, 0.1) is 10.6 Å². The third kappa shape index (κ3) is 7.53. The van der Waals surface area contributed by atoms with Crippen LogP contribution in [0.15, 0.2) is 77.7 Å². The Morgan fingerprint density at radius 1 is 0.923 bits per heavy atom. The van der Waals surface area contributed by atoms with E-state index in [0.717, 1.165) is 16.3 Å². The largest absolute Gasteiger partial charge is 0.354 e. The summed E-state index contributed by atoms with van der Waals surface area (Å²) in [7, 11) is -4.16. The number of hydrogen-bond donors (Lipinski definition) is 1. The summed E-state index contributed by atoms with van der Waals surface area (Å²) in [5.74, 6) is -0.819. The minimum Gasteiger partial charge on any atom is -0.354 e. The second-order valence-corrected chi connectivity index (χ2v) is 11.8. The van der Waals surface area contributed by atoms with Gasteiger partial charge in [-0.25, -0.2) is 8.42 Å². The van der Waals surface area contributed by atoms with Crippen LogP contribution in [0.5, 0.6) is 0 Å². The highest BCUT2D eigenvalue weighted by Crippen LogP contribution is 2.31. The van der Waals surface area contributed by atoms with Crippen molar-refractivity contribution in [3.05, 3.63) is 94.0 Å².